The van der Waals surface area contributed by atoms with Crippen LogP contribution in [0.2, 0.25) is 0 Å². The fourth-order valence-corrected chi connectivity index (χ4v) is 4.01. The minimum atomic E-state index is -0.0727. The molecule has 0 aliphatic carbocycles. The lowest BCUT2D eigenvalue weighted by atomic mass is 10.0. The maximum atomic E-state index is 5.64. The second-order valence-corrected chi connectivity index (χ2v) is 7.76. The standard InChI is InChI=1S/C25H25N5O/c1-19-11-13-21(14-12-19)26-25(30-23-10-6-5-9-22(23)27-28-30)24(20-7-3-2-4-8-20)29-15-17-31-18-16-29/h2-14,24H,15-18H2,1H3/t24-/m1/s1. The van der Waals surface area contributed by atoms with Gasteiger partial charge in [0.25, 0.3) is 0 Å². The minimum Gasteiger partial charge on any atom is -0.379 e. The van der Waals surface area contributed by atoms with Crippen molar-refractivity contribution in [2.45, 2.75) is 13.0 Å². The van der Waals surface area contributed by atoms with Crippen LogP contribution in [0.4, 0.5) is 5.69 Å². The number of hydrogen-bond donors (Lipinski definition) is 0. The van der Waals surface area contributed by atoms with E-state index in [-0.39, 0.29) is 6.04 Å². The van der Waals surface area contributed by atoms with Crippen LogP contribution in [0.1, 0.15) is 17.2 Å². The van der Waals surface area contributed by atoms with E-state index in [1.165, 1.54) is 11.1 Å². The Morgan fingerprint density at radius 1 is 0.903 bits per heavy atom. The summed E-state index contributed by atoms with van der Waals surface area (Å²) >= 11 is 0. The number of rotatable bonds is 4. The Morgan fingerprint density at radius 2 is 1.61 bits per heavy atom. The van der Waals surface area contributed by atoms with Gasteiger partial charge in [0.1, 0.15) is 5.52 Å². The van der Waals surface area contributed by atoms with Crippen LogP contribution in [0, 0.1) is 6.92 Å². The van der Waals surface area contributed by atoms with Gasteiger partial charge in [-0.05, 0) is 36.8 Å². The largest absolute Gasteiger partial charge is 0.379 e. The van der Waals surface area contributed by atoms with E-state index in [0.717, 1.165) is 35.6 Å². The lowest BCUT2D eigenvalue weighted by molar-refractivity contribution is 0.0281. The number of nitrogens with zero attached hydrogens (tertiary/aromatic N) is 5. The first-order valence-electron chi connectivity index (χ1n) is 10.6. The Bertz CT molecular complexity index is 1180. The summed E-state index contributed by atoms with van der Waals surface area (Å²) in [5.74, 6) is 0.839. The number of para-hydroxylation sites is 1. The quantitative estimate of drug-likeness (QED) is 0.369. The van der Waals surface area contributed by atoms with Crippen LogP contribution in [0.25, 0.3) is 11.0 Å². The predicted octanol–water partition coefficient (Wildman–Crippen LogP) is 4.39. The van der Waals surface area contributed by atoms with Gasteiger partial charge in [-0.1, -0.05) is 65.4 Å². The molecule has 0 spiro atoms. The Hall–Kier alpha value is -3.35. The summed E-state index contributed by atoms with van der Waals surface area (Å²) in [6.45, 7) is 5.16. The highest BCUT2D eigenvalue weighted by Crippen LogP contribution is 2.28. The molecule has 1 saturated heterocycles. The van der Waals surface area contributed by atoms with E-state index in [0.29, 0.717) is 13.2 Å². The van der Waals surface area contributed by atoms with Gasteiger partial charge >= 0.3 is 0 Å². The molecule has 1 atom stereocenters. The molecule has 0 N–H and O–H groups in total. The van der Waals surface area contributed by atoms with E-state index in [1.54, 1.807) is 0 Å². The van der Waals surface area contributed by atoms with E-state index in [9.17, 15) is 0 Å². The molecular weight excluding hydrogens is 386 g/mol. The van der Waals surface area contributed by atoms with E-state index in [1.807, 2.05) is 35.0 Å². The molecule has 0 bridgehead atoms. The summed E-state index contributed by atoms with van der Waals surface area (Å²) < 4.78 is 7.53. The Morgan fingerprint density at radius 3 is 2.39 bits per heavy atom. The van der Waals surface area contributed by atoms with Crippen molar-refractivity contribution in [3.63, 3.8) is 0 Å². The van der Waals surface area contributed by atoms with Gasteiger partial charge in [-0.25, -0.2) is 4.99 Å². The summed E-state index contributed by atoms with van der Waals surface area (Å²) in [4.78, 5) is 7.56. The van der Waals surface area contributed by atoms with Gasteiger partial charge < -0.3 is 4.74 Å². The molecule has 6 nitrogen and oxygen atoms in total. The number of aryl methyl sites for hydroxylation is 1. The van der Waals surface area contributed by atoms with Crippen molar-refractivity contribution >= 4 is 22.6 Å². The van der Waals surface area contributed by atoms with Crippen LogP contribution in [-0.2, 0) is 4.74 Å². The highest BCUT2D eigenvalue weighted by Gasteiger charge is 2.30. The SMILES string of the molecule is Cc1ccc(N=C([C@@H](c2ccccc2)N2CCOCC2)n2nnc3ccccc32)cc1. The third-order valence-corrected chi connectivity index (χ3v) is 5.62. The van der Waals surface area contributed by atoms with Gasteiger partial charge in [0, 0.05) is 13.1 Å². The third kappa shape index (κ3) is 4.13. The molecule has 2 heterocycles. The van der Waals surface area contributed by atoms with Crippen LogP contribution in [0.3, 0.4) is 0 Å². The van der Waals surface area contributed by atoms with Crippen LogP contribution in [0.15, 0.2) is 83.9 Å². The average Bonchev–Trinajstić information content (AvgIpc) is 3.25. The summed E-state index contributed by atoms with van der Waals surface area (Å²) in [7, 11) is 0. The van der Waals surface area contributed by atoms with Crippen molar-refractivity contribution in [3.8, 4) is 0 Å². The molecular formula is C25H25N5O. The molecule has 0 amide bonds. The van der Waals surface area contributed by atoms with Crippen molar-refractivity contribution < 1.29 is 4.74 Å². The molecule has 1 fully saturated rings. The lowest BCUT2D eigenvalue weighted by Gasteiger charge is -2.35. The van der Waals surface area contributed by atoms with E-state index in [4.69, 9.17) is 9.73 Å². The molecule has 0 unspecified atom stereocenters. The number of morpholine rings is 1. The minimum absolute atomic E-state index is 0.0727. The molecule has 6 heteroatoms. The molecule has 156 valence electrons. The molecule has 0 radical (unpaired) electrons. The number of ether oxygens (including phenoxy) is 1. The smallest absolute Gasteiger partial charge is 0.154 e. The highest BCUT2D eigenvalue weighted by molar-refractivity contribution is 5.97. The number of hydrogen-bond acceptors (Lipinski definition) is 5. The van der Waals surface area contributed by atoms with Crippen molar-refractivity contribution in [2.24, 2.45) is 4.99 Å². The molecule has 0 saturated carbocycles. The van der Waals surface area contributed by atoms with Gasteiger partial charge in [-0.2, -0.15) is 4.68 Å². The fraction of sp³-hybridized carbons (Fsp3) is 0.240. The molecule has 5 rings (SSSR count). The van der Waals surface area contributed by atoms with Crippen molar-refractivity contribution in [3.05, 3.63) is 90.0 Å². The zero-order valence-electron chi connectivity index (χ0n) is 17.6. The molecule has 1 aliphatic rings. The van der Waals surface area contributed by atoms with Crippen LogP contribution in [0.5, 0.6) is 0 Å². The first kappa shape index (κ1) is 19.6. The molecule has 31 heavy (non-hydrogen) atoms. The van der Waals surface area contributed by atoms with E-state index >= 15 is 0 Å². The Balaban J connectivity index is 1.71. The average molecular weight is 412 g/mol. The van der Waals surface area contributed by atoms with Gasteiger partial charge in [0.2, 0.25) is 0 Å². The van der Waals surface area contributed by atoms with Crippen LogP contribution in [-0.4, -0.2) is 52.0 Å². The Labute approximate surface area is 181 Å². The van der Waals surface area contributed by atoms with Crippen molar-refractivity contribution in [1.82, 2.24) is 19.9 Å². The number of fused-ring (bicyclic) bond motifs is 1. The summed E-state index contributed by atoms with van der Waals surface area (Å²) in [5.41, 5.74) is 5.08. The first-order chi connectivity index (χ1) is 15.3. The number of aromatic nitrogens is 3. The number of benzene rings is 3. The lowest BCUT2D eigenvalue weighted by Crippen LogP contribution is -2.44. The van der Waals surface area contributed by atoms with Gasteiger partial charge in [0.05, 0.1) is 30.5 Å². The fourth-order valence-electron chi connectivity index (χ4n) is 4.01. The van der Waals surface area contributed by atoms with Crippen LogP contribution < -0.4 is 0 Å². The maximum absolute atomic E-state index is 5.64. The summed E-state index contributed by atoms with van der Waals surface area (Å²) in [6.07, 6.45) is 0. The summed E-state index contributed by atoms with van der Waals surface area (Å²) in [6, 6.07) is 26.7. The zero-order valence-corrected chi connectivity index (χ0v) is 17.6. The molecule has 1 aliphatic heterocycles. The monoisotopic (exact) mass is 411 g/mol. The van der Waals surface area contributed by atoms with Crippen LogP contribution >= 0.6 is 0 Å². The van der Waals surface area contributed by atoms with E-state index < -0.39 is 0 Å². The molecule has 1 aromatic heterocycles. The zero-order chi connectivity index (χ0) is 21.0. The van der Waals surface area contributed by atoms with Gasteiger partial charge in [-0.3, -0.25) is 4.90 Å². The second kappa shape index (κ2) is 8.79. The van der Waals surface area contributed by atoms with Crippen molar-refractivity contribution in [2.75, 3.05) is 26.3 Å². The van der Waals surface area contributed by atoms with Gasteiger partial charge in [-0.15, -0.1) is 5.10 Å². The van der Waals surface area contributed by atoms with E-state index in [2.05, 4.69) is 70.7 Å². The van der Waals surface area contributed by atoms with Gasteiger partial charge in [0.15, 0.2) is 5.84 Å². The predicted molar refractivity (Wildman–Crippen MR) is 123 cm³/mol. The topological polar surface area (TPSA) is 55.5 Å². The second-order valence-electron chi connectivity index (χ2n) is 7.76. The van der Waals surface area contributed by atoms with Crippen molar-refractivity contribution in [1.29, 1.82) is 0 Å². The highest BCUT2D eigenvalue weighted by atomic mass is 16.5. The normalized spacial score (nSPS) is 16.5. The Kier molecular flexibility index (Phi) is 5.56. The number of aliphatic imine (C=N–C) groups is 1. The summed E-state index contributed by atoms with van der Waals surface area (Å²) in [5, 5.41) is 8.93. The molecule has 4 aromatic rings. The molecule has 3 aromatic carbocycles. The first-order valence-corrected chi connectivity index (χ1v) is 10.6. The maximum Gasteiger partial charge on any atom is 0.154 e. The third-order valence-electron chi connectivity index (χ3n) is 5.62.